The van der Waals surface area contributed by atoms with Crippen molar-refractivity contribution in [3.05, 3.63) is 33.0 Å². The number of fused-ring (bicyclic) bond motifs is 1. The maximum atomic E-state index is 11.5. The molecule has 0 saturated carbocycles. The zero-order valence-electron chi connectivity index (χ0n) is 11.6. The zero-order valence-corrected chi connectivity index (χ0v) is 11.6. The lowest BCUT2D eigenvalue weighted by atomic mass is 10.2. The molecule has 3 N–H and O–H groups in total. The third-order valence-corrected chi connectivity index (χ3v) is 2.76. The average Bonchev–Trinajstić information content (AvgIpc) is 2.85. The van der Waals surface area contributed by atoms with E-state index in [4.69, 9.17) is 9.47 Å². The average molecular weight is 312 g/mol. The van der Waals surface area contributed by atoms with Gasteiger partial charge in [-0.1, -0.05) is 4.85 Å². The summed E-state index contributed by atoms with van der Waals surface area (Å²) in [6.45, 7) is 1.57. The number of H-pyrrole nitrogens is 1. The Bertz CT molecular complexity index is 767. The predicted molar refractivity (Wildman–Crippen MR) is 72.1 cm³/mol. The molecule has 0 amide bonds. The maximum Gasteiger partial charge on any atom is 0.333 e. The van der Waals surface area contributed by atoms with Crippen LogP contribution in [0.1, 0.15) is 12.5 Å². The molecule has 0 aliphatic carbocycles. The van der Waals surface area contributed by atoms with Gasteiger partial charge in [-0.3, -0.25) is 0 Å². The van der Waals surface area contributed by atoms with Crippen LogP contribution in [0.15, 0.2) is 12.1 Å². The lowest BCUT2D eigenvalue weighted by molar-refractivity contribution is -0.668. The molecule has 0 radical (unpaired) electrons. The van der Waals surface area contributed by atoms with E-state index in [-0.39, 0.29) is 28.2 Å². The minimum absolute atomic E-state index is 0.0205. The molecule has 0 unspecified atom stereocenters. The van der Waals surface area contributed by atoms with E-state index < -0.39 is 28.0 Å². The number of nitrogens with one attached hydrogen (secondary N) is 1. The van der Waals surface area contributed by atoms with Crippen molar-refractivity contribution in [3.63, 3.8) is 0 Å². The van der Waals surface area contributed by atoms with Crippen LogP contribution in [0.3, 0.4) is 0 Å². The largest absolute Gasteiger partial charge is 0.594 e. The molecule has 0 saturated heterocycles. The van der Waals surface area contributed by atoms with Crippen molar-refractivity contribution in [1.29, 1.82) is 0 Å². The number of aliphatic hydroxyl groups excluding tert-OH is 2. The standard InChI is InChI=1S/C11H12N4O7/c1-3-22-11(17)8(16)6-5-4-14(18)13-10(21-2)7(5)12-9(6)15(19)20/h4,12,16-17H,3H2,1-2H3. The first-order valence-corrected chi connectivity index (χ1v) is 6.00. The summed E-state index contributed by atoms with van der Waals surface area (Å²) in [6, 6.07) is 0. The lowest BCUT2D eigenvalue weighted by Gasteiger charge is -2.04. The Kier molecular flexibility index (Phi) is 3.88. The van der Waals surface area contributed by atoms with Gasteiger partial charge in [-0.05, 0) is 11.8 Å². The van der Waals surface area contributed by atoms with E-state index in [1.54, 1.807) is 6.92 Å². The first-order chi connectivity index (χ1) is 10.4. The van der Waals surface area contributed by atoms with Crippen LogP contribution in [0, 0.1) is 15.3 Å². The van der Waals surface area contributed by atoms with Crippen LogP contribution >= 0.6 is 0 Å². The van der Waals surface area contributed by atoms with Crippen molar-refractivity contribution in [2.45, 2.75) is 6.92 Å². The van der Waals surface area contributed by atoms with E-state index in [9.17, 15) is 25.5 Å². The Hall–Kier alpha value is -3.24. The second kappa shape index (κ2) is 5.63. The van der Waals surface area contributed by atoms with E-state index in [0.29, 0.717) is 0 Å². The first kappa shape index (κ1) is 15.2. The number of nitro groups is 1. The summed E-state index contributed by atoms with van der Waals surface area (Å²) in [4.78, 5) is 12.8. The van der Waals surface area contributed by atoms with Crippen LogP contribution < -0.4 is 9.58 Å². The predicted octanol–water partition coefficient (Wildman–Crippen LogP) is 0.892. The van der Waals surface area contributed by atoms with E-state index in [2.05, 4.69) is 10.1 Å². The number of aromatic nitrogens is 3. The monoisotopic (exact) mass is 312 g/mol. The van der Waals surface area contributed by atoms with Gasteiger partial charge in [-0.2, -0.15) is 0 Å². The summed E-state index contributed by atoms with van der Waals surface area (Å²) in [7, 11) is 1.22. The number of aromatic amines is 1. The van der Waals surface area contributed by atoms with Gasteiger partial charge in [0.15, 0.2) is 0 Å². The SMILES string of the molecule is CCOC(O)=C(O)c1c([N+](=O)[O-])[nH]c2c(OC)n[n+]([O-])cc12. The van der Waals surface area contributed by atoms with E-state index in [1.165, 1.54) is 7.11 Å². The van der Waals surface area contributed by atoms with Gasteiger partial charge in [0, 0.05) is 0 Å². The van der Waals surface area contributed by atoms with Crippen LogP contribution in [0.2, 0.25) is 0 Å². The molecule has 0 spiro atoms. The molecule has 2 heterocycles. The van der Waals surface area contributed by atoms with E-state index >= 15 is 0 Å². The van der Waals surface area contributed by atoms with Crippen LogP contribution in [-0.2, 0) is 4.74 Å². The van der Waals surface area contributed by atoms with Gasteiger partial charge in [-0.25, -0.2) is 4.98 Å². The Morgan fingerprint density at radius 2 is 2.23 bits per heavy atom. The van der Waals surface area contributed by atoms with Crippen molar-refractivity contribution in [2.24, 2.45) is 0 Å². The number of hydrogen-bond donors (Lipinski definition) is 3. The summed E-state index contributed by atoms with van der Waals surface area (Å²) in [5.74, 6) is -2.64. The van der Waals surface area contributed by atoms with Crippen molar-refractivity contribution < 1.29 is 29.5 Å². The second-order valence-electron chi connectivity index (χ2n) is 4.02. The van der Waals surface area contributed by atoms with Crippen molar-refractivity contribution in [3.8, 4) is 5.88 Å². The fraction of sp³-hybridized carbons (Fsp3) is 0.273. The molecule has 0 aliphatic rings. The fourth-order valence-electron chi connectivity index (χ4n) is 1.91. The Labute approximate surface area is 122 Å². The molecule has 0 aliphatic heterocycles. The van der Waals surface area contributed by atoms with Gasteiger partial charge in [0.25, 0.3) is 0 Å². The van der Waals surface area contributed by atoms with Gasteiger partial charge >= 0.3 is 17.6 Å². The van der Waals surface area contributed by atoms with Crippen molar-refractivity contribution in [1.82, 2.24) is 10.1 Å². The summed E-state index contributed by atoms with van der Waals surface area (Å²) in [5.41, 5.74) is -0.386. The molecule has 0 bridgehead atoms. The van der Waals surface area contributed by atoms with Gasteiger partial charge < -0.3 is 35.0 Å². The second-order valence-corrected chi connectivity index (χ2v) is 4.02. The maximum absolute atomic E-state index is 11.5. The van der Waals surface area contributed by atoms with Crippen LogP contribution in [0.25, 0.3) is 16.7 Å². The molecule has 118 valence electrons. The molecule has 0 aromatic carbocycles. The molecule has 11 nitrogen and oxygen atoms in total. The normalized spacial score (nSPS) is 12.1. The minimum Gasteiger partial charge on any atom is -0.594 e. The van der Waals surface area contributed by atoms with Gasteiger partial charge in [0.2, 0.25) is 17.5 Å². The van der Waals surface area contributed by atoms with Crippen LogP contribution in [0.4, 0.5) is 5.82 Å². The highest BCUT2D eigenvalue weighted by molar-refractivity contribution is 5.96. The number of rotatable bonds is 5. The molecule has 22 heavy (non-hydrogen) atoms. The van der Waals surface area contributed by atoms with Gasteiger partial charge in [0.1, 0.15) is 10.9 Å². The highest BCUT2D eigenvalue weighted by Gasteiger charge is 2.31. The van der Waals surface area contributed by atoms with Crippen molar-refractivity contribution >= 4 is 22.5 Å². The number of nitrogens with zero attached hydrogens (tertiary/aromatic N) is 3. The molecule has 11 heteroatoms. The molecule has 2 aromatic rings. The quantitative estimate of drug-likeness (QED) is 0.241. The highest BCUT2D eigenvalue weighted by atomic mass is 16.6. The number of ether oxygens (including phenoxy) is 2. The summed E-state index contributed by atoms with van der Waals surface area (Å²) in [6.07, 6.45) is 0.895. The first-order valence-electron chi connectivity index (χ1n) is 6.00. The smallest absolute Gasteiger partial charge is 0.333 e. The Morgan fingerprint density at radius 3 is 2.77 bits per heavy atom. The van der Waals surface area contributed by atoms with Gasteiger partial charge in [0.05, 0.1) is 18.8 Å². The summed E-state index contributed by atoms with van der Waals surface area (Å²) in [5, 5.41) is 45.6. The summed E-state index contributed by atoms with van der Waals surface area (Å²) < 4.78 is 9.58. The summed E-state index contributed by atoms with van der Waals surface area (Å²) >= 11 is 0. The topological polar surface area (TPSA) is 158 Å². The molecule has 2 rings (SSSR count). The number of aliphatic hydroxyl groups is 2. The number of methoxy groups -OCH3 is 1. The van der Waals surface area contributed by atoms with Crippen molar-refractivity contribution in [2.75, 3.05) is 13.7 Å². The molecule has 2 aromatic heterocycles. The third kappa shape index (κ3) is 2.39. The highest BCUT2D eigenvalue weighted by Crippen LogP contribution is 2.35. The molecular weight excluding hydrogens is 300 g/mol. The van der Waals surface area contributed by atoms with Crippen LogP contribution in [-0.4, -0.2) is 38.9 Å². The lowest BCUT2D eigenvalue weighted by Crippen LogP contribution is -2.30. The Morgan fingerprint density at radius 1 is 1.55 bits per heavy atom. The zero-order chi connectivity index (χ0) is 16.4. The fourth-order valence-corrected chi connectivity index (χ4v) is 1.91. The minimum atomic E-state index is -0.903. The van der Waals surface area contributed by atoms with Crippen LogP contribution in [0.5, 0.6) is 5.88 Å². The molecule has 0 atom stereocenters. The molecular formula is C11H12N4O7. The van der Waals surface area contributed by atoms with Gasteiger partial charge in [-0.15, -0.1) is 0 Å². The Balaban J connectivity index is 2.86. The van der Waals surface area contributed by atoms with E-state index in [1.807, 2.05) is 0 Å². The molecule has 0 fully saturated rings. The number of hydrogen-bond acceptors (Lipinski definition) is 8. The van der Waals surface area contributed by atoms with E-state index in [0.717, 1.165) is 6.20 Å². The third-order valence-electron chi connectivity index (χ3n) is 2.76.